The van der Waals surface area contributed by atoms with Crippen molar-refractivity contribution in [3.05, 3.63) is 11.6 Å². The largest absolute Gasteiger partial charge is 0.310 e. The van der Waals surface area contributed by atoms with Crippen LogP contribution in [-0.2, 0) is 0 Å². The van der Waals surface area contributed by atoms with Gasteiger partial charge in [-0.3, -0.25) is 0 Å². The van der Waals surface area contributed by atoms with E-state index in [9.17, 15) is 0 Å². The molecule has 0 unspecified atom stereocenters. The van der Waals surface area contributed by atoms with Gasteiger partial charge in [-0.15, -0.1) is 0 Å². The predicted molar refractivity (Wildman–Crippen MR) is 46.7 cm³/mol. The third-order valence-electron chi connectivity index (χ3n) is 1.61. The molecule has 0 atom stereocenters. The number of allylic oxidation sites excluding steroid dienone is 2. The number of rotatable bonds is 4. The lowest BCUT2D eigenvalue weighted by Crippen LogP contribution is -1.86. The number of hydrogen-bond acceptors (Lipinski definition) is 1. The van der Waals surface area contributed by atoms with Gasteiger partial charge in [0.05, 0.1) is 0 Å². The summed E-state index contributed by atoms with van der Waals surface area (Å²) in [6.07, 6.45) is 5.26. The van der Waals surface area contributed by atoms with Gasteiger partial charge >= 0.3 is 0 Å². The minimum absolute atomic E-state index is 0.749. The number of hydrogen-bond donors (Lipinski definition) is 1. The van der Waals surface area contributed by atoms with Crippen molar-refractivity contribution >= 4 is 5.71 Å². The van der Waals surface area contributed by atoms with Gasteiger partial charge in [0.2, 0.25) is 0 Å². The molecule has 0 amide bonds. The molecule has 58 valence electrons. The van der Waals surface area contributed by atoms with E-state index in [1.807, 2.05) is 6.92 Å². The van der Waals surface area contributed by atoms with Gasteiger partial charge in [0.1, 0.15) is 0 Å². The molecule has 0 aliphatic heterocycles. The zero-order chi connectivity index (χ0) is 7.98. The highest BCUT2D eigenvalue weighted by Crippen LogP contribution is 2.06. The Morgan fingerprint density at radius 3 is 2.10 bits per heavy atom. The van der Waals surface area contributed by atoms with Crippen LogP contribution in [0.15, 0.2) is 11.6 Å². The first kappa shape index (κ1) is 9.41. The van der Waals surface area contributed by atoms with E-state index < -0.39 is 0 Å². The van der Waals surface area contributed by atoms with Crippen LogP contribution in [0.3, 0.4) is 0 Å². The Kier molecular flexibility index (Phi) is 4.91. The zero-order valence-corrected chi connectivity index (χ0v) is 7.20. The van der Waals surface area contributed by atoms with Crippen LogP contribution in [0, 0.1) is 5.41 Å². The van der Waals surface area contributed by atoms with E-state index in [1.165, 1.54) is 5.57 Å². The Morgan fingerprint density at radius 1 is 1.30 bits per heavy atom. The molecule has 0 rings (SSSR count). The van der Waals surface area contributed by atoms with Gasteiger partial charge in [-0.05, 0) is 19.8 Å². The molecule has 1 N–H and O–H groups in total. The quantitative estimate of drug-likeness (QED) is 0.457. The van der Waals surface area contributed by atoms with E-state index >= 15 is 0 Å². The maximum absolute atomic E-state index is 7.19. The van der Waals surface area contributed by atoms with Crippen molar-refractivity contribution in [2.24, 2.45) is 0 Å². The summed E-state index contributed by atoms with van der Waals surface area (Å²) in [4.78, 5) is 0. The molecule has 0 saturated carbocycles. The minimum Gasteiger partial charge on any atom is -0.310 e. The molecule has 1 heteroatoms. The Morgan fingerprint density at radius 2 is 1.80 bits per heavy atom. The first-order valence-corrected chi connectivity index (χ1v) is 3.92. The molecule has 0 aromatic heterocycles. The summed E-state index contributed by atoms with van der Waals surface area (Å²) in [5.41, 5.74) is 2.21. The van der Waals surface area contributed by atoms with Crippen molar-refractivity contribution < 1.29 is 0 Å². The van der Waals surface area contributed by atoms with E-state index in [1.54, 1.807) is 0 Å². The molecule has 0 saturated heterocycles. The van der Waals surface area contributed by atoms with Crippen LogP contribution in [0.25, 0.3) is 0 Å². The van der Waals surface area contributed by atoms with Gasteiger partial charge in [-0.25, -0.2) is 0 Å². The van der Waals surface area contributed by atoms with Gasteiger partial charge in [0.15, 0.2) is 0 Å². The number of nitrogens with one attached hydrogen (secondary N) is 1. The summed E-state index contributed by atoms with van der Waals surface area (Å²) in [5.74, 6) is 0. The molecule has 0 aliphatic carbocycles. The second-order valence-electron chi connectivity index (χ2n) is 2.55. The lowest BCUT2D eigenvalue weighted by Gasteiger charge is -1.98. The van der Waals surface area contributed by atoms with Gasteiger partial charge in [-0.1, -0.05) is 25.5 Å². The average Bonchev–Trinajstić information content (AvgIpc) is 1.90. The van der Waals surface area contributed by atoms with Crippen molar-refractivity contribution in [3.8, 4) is 0 Å². The minimum atomic E-state index is 0.749. The first-order chi connectivity index (χ1) is 4.70. The van der Waals surface area contributed by atoms with E-state index in [-0.39, 0.29) is 0 Å². The summed E-state index contributed by atoms with van der Waals surface area (Å²) >= 11 is 0. The van der Waals surface area contributed by atoms with Gasteiger partial charge in [0.25, 0.3) is 0 Å². The lowest BCUT2D eigenvalue weighted by atomic mass is 10.1. The van der Waals surface area contributed by atoms with Gasteiger partial charge in [0, 0.05) is 12.1 Å². The fraction of sp³-hybridized carbons (Fsp3) is 0.667. The third-order valence-corrected chi connectivity index (χ3v) is 1.61. The Bertz CT molecular complexity index is 128. The Hall–Kier alpha value is -0.590. The highest BCUT2D eigenvalue weighted by Gasteiger charge is 1.89. The summed E-state index contributed by atoms with van der Waals surface area (Å²) in [7, 11) is 0. The van der Waals surface area contributed by atoms with Crippen molar-refractivity contribution in [2.75, 3.05) is 0 Å². The Labute approximate surface area is 63.7 Å². The predicted octanol–water partition coefficient (Wildman–Crippen LogP) is 3.16. The van der Waals surface area contributed by atoms with Crippen molar-refractivity contribution in [1.82, 2.24) is 0 Å². The normalized spacial score (nSPS) is 9.10. The van der Waals surface area contributed by atoms with E-state index in [0.29, 0.717) is 0 Å². The smallest absolute Gasteiger partial charge is 0.00959 e. The molecule has 0 aromatic rings. The zero-order valence-electron chi connectivity index (χ0n) is 7.20. The molecular weight excluding hydrogens is 122 g/mol. The topological polar surface area (TPSA) is 23.9 Å². The van der Waals surface area contributed by atoms with E-state index in [0.717, 1.165) is 25.0 Å². The second-order valence-corrected chi connectivity index (χ2v) is 2.55. The van der Waals surface area contributed by atoms with Crippen LogP contribution in [0.2, 0.25) is 0 Å². The Balaban J connectivity index is 3.74. The van der Waals surface area contributed by atoms with Crippen LogP contribution in [-0.4, -0.2) is 5.71 Å². The second kappa shape index (κ2) is 5.21. The molecule has 10 heavy (non-hydrogen) atoms. The fourth-order valence-corrected chi connectivity index (χ4v) is 0.836. The van der Waals surface area contributed by atoms with Crippen LogP contribution < -0.4 is 0 Å². The molecule has 0 fully saturated rings. The molecule has 0 spiro atoms. The highest BCUT2D eigenvalue weighted by molar-refractivity contribution is 5.80. The molecule has 1 nitrogen and oxygen atoms in total. The highest BCUT2D eigenvalue weighted by atomic mass is 14.4. The summed E-state index contributed by atoms with van der Waals surface area (Å²) < 4.78 is 0. The summed E-state index contributed by atoms with van der Waals surface area (Å²) in [6.45, 7) is 6.17. The van der Waals surface area contributed by atoms with E-state index in [2.05, 4.69) is 19.9 Å². The van der Waals surface area contributed by atoms with Gasteiger partial charge in [-0.2, -0.15) is 0 Å². The SMILES string of the molecule is CCC(=CCC(C)=N)CC. The monoisotopic (exact) mass is 139 g/mol. The van der Waals surface area contributed by atoms with Crippen LogP contribution >= 0.6 is 0 Å². The summed E-state index contributed by atoms with van der Waals surface area (Å²) in [6, 6.07) is 0. The van der Waals surface area contributed by atoms with Crippen molar-refractivity contribution in [2.45, 2.75) is 40.0 Å². The third kappa shape index (κ3) is 4.30. The summed E-state index contributed by atoms with van der Waals surface area (Å²) in [5, 5.41) is 7.19. The standard InChI is InChI=1S/C9H17N/c1-4-9(5-2)7-6-8(3)10/h7,10H,4-6H2,1-3H3. The maximum Gasteiger partial charge on any atom is 0.00959 e. The molecule has 0 bridgehead atoms. The van der Waals surface area contributed by atoms with Gasteiger partial charge < -0.3 is 5.41 Å². The van der Waals surface area contributed by atoms with Crippen molar-refractivity contribution in [3.63, 3.8) is 0 Å². The maximum atomic E-state index is 7.19. The molecule has 0 aliphatic rings. The lowest BCUT2D eigenvalue weighted by molar-refractivity contribution is 0.966. The van der Waals surface area contributed by atoms with Crippen molar-refractivity contribution in [1.29, 1.82) is 5.41 Å². The average molecular weight is 139 g/mol. The van der Waals surface area contributed by atoms with Crippen LogP contribution in [0.5, 0.6) is 0 Å². The molecule has 0 heterocycles. The fourth-order valence-electron chi connectivity index (χ4n) is 0.836. The molecule has 0 radical (unpaired) electrons. The van der Waals surface area contributed by atoms with E-state index in [4.69, 9.17) is 5.41 Å². The first-order valence-electron chi connectivity index (χ1n) is 3.92. The molecular formula is C9H17N. The van der Waals surface area contributed by atoms with Crippen LogP contribution in [0.4, 0.5) is 0 Å². The molecule has 0 aromatic carbocycles. The van der Waals surface area contributed by atoms with Crippen LogP contribution in [0.1, 0.15) is 40.0 Å².